The van der Waals surface area contributed by atoms with Crippen LogP contribution in [0.1, 0.15) is 29.9 Å². The van der Waals surface area contributed by atoms with Gasteiger partial charge in [-0.1, -0.05) is 35.9 Å². The van der Waals surface area contributed by atoms with Gasteiger partial charge in [-0.25, -0.2) is 0 Å². The molecule has 0 aliphatic heterocycles. The summed E-state index contributed by atoms with van der Waals surface area (Å²) in [5.41, 5.74) is 10.4. The highest BCUT2D eigenvalue weighted by atomic mass is 14.7. The van der Waals surface area contributed by atoms with Crippen LogP contribution in [0.25, 0.3) is 0 Å². The van der Waals surface area contributed by atoms with Gasteiger partial charge in [0.2, 0.25) is 0 Å². The van der Waals surface area contributed by atoms with Crippen molar-refractivity contribution in [1.29, 1.82) is 0 Å². The minimum Gasteiger partial charge on any atom is -0.327 e. The lowest BCUT2D eigenvalue weighted by atomic mass is 9.74. The Morgan fingerprint density at radius 2 is 1.93 bits per heavy atom. The second kappa shape index (κ2) is 2.96. The van der Waals surface area contributed by atoms with Crippen LogP contribution in [0.2, 0.25) is 0 Å². The standard InChI is InChI=1S/C13H15N/c14-12-6-9(7-12)5-11-8-10-3-1-2-4-13(10)11/h1-5,11-12H,6-8,14H2. The van der Waals surface area contributed by atoms with E-state index in [1.54, 1.807) is 5.57 Å². The first kappa shape index (κ1) is 8.25. The molecule has 0 amide bonds. The Morgan fingerprint density at radius 3 is 2.64 bits per heavy atom. The van der Waals surface area contributed by atoms with Crippen LogP contribution in [0.5, 0.6) is 0 Å². The van der Waals surface area contributed by atoms with Crippen LogP contribution < -0.4 is 5.73 Å². The van der Waals surface area contributed by atoms with Crippen molar-refractivity contribution in [2.75, 3.05) is 0 Å². The molecular weight excluding hydrogens is 170 g/mol. The Balaban J connectivity index is 1.77. The lowest BCUT2D eigenvalue weighted by molar-refractivity contribution is 0.532. The van der Waals surface area contributed by atoms with E-state index in [0.717, 1.165) is 12.8 Å². The van der Waals surface area contributed by atoms with Crippen molar-refractivity contribution in [3.05, 3.63) is 47.0 Å². The van der Waals surface area contributed by atoms with Gasteiger partial charge in [0.25, 0.3) is 0 Å². The predicted molar refractivity (Wildman–Crippen MR) is 58.2 cm³/mol. The van der Waals surface area contributed by atoms with Gasteiger partial charge in [0.15, 0.2) is 0 Å². The zero-order chi connectivity index (χ0) is 9.54. The molecule has 1 unspecified atom stereocenters. The molecule has 1 aromatic rings. The van der Waals surface area contributed by atoms with E-state index in [2.05, 4.69) is 30.3 Å². The molecule has 0 spiro atoms. The first-order valence-electron chi connectivity index (χ1n) is 5.36. The molecule has 1 heteroatoms. The highest BCUT2D eigenvalue weighted by Gasteiger charge is 2.26. The van der Waals surface area contributed by atoms with Crippen molar-refractivity contribution in [1.82, 2.24) is 0 Å². The quantitative estimate of drug-likeness (QED) is 0.668. The zero-order valence-electron chi connectivity index (χ0n) is 8.24. The van der Waals surface area contributed by atoms with E-state index in [4.69, 9.17) is 5.73 Å². The van der Waals surface area contributed by atoms with E-state index in [1.165, 1.54) is 17.5 Å². The molecule has 2 N–H and O–H groups in total. The average Bonchev–Trinajstić information content (AvgIpc) is 2.11. The molecule has 1 atom stereocenters. The van der Waals surface area contributed by atoms with Crippen molar-refractivity contribution in [2.45, 2.75) is 31.2 Å². The average molecular weight is 185 g/mol. The third kappa shape index (κ3) is 1.20. The minimum absolute atomic E-state index is 0.441. The lowest BCUT2D eigenvalue weighted by Gasteiger charge is -2.32. The van der Waals surface area contributed by atoms with E-state index in [9.17, 15) is 0 Å². The molecule has 72 valence electrons. The Morgan fingerprint density at radius 1 is 1.14 bits per heavy atom. The molecule has 0 radical (unpaired) electrons. The fourth-order valence-electron chi connectivity index (χ4n) is 2.48. The molecule has 0 saturated heterocycles. The molecule has 1 nitrogen and oxygen atoms in total. The molecule has 14 heavy (non-hydrogen) atoms. The highest BCUT2D eigenvalue weighted by molar-refractivity contribution is 5.44. The van der Waals surface area contributed by atoms with Crippen molar-refractivity contribution < 1.29 is 0 Å². The lowest BCUT2D eigenvalue weighted by Crippen LogP contribution is -2.31. The van der Waals surface area contributed by atoms with Crippen molar-refractivity contribution >= 4 is 0 Å². The van der Waals surface area contributed by atoms with Crippen LogP contribution in [0.15, 0.2) is 35.9 Å². The van der Waals surface area contributed by atoms with Gasteiger partial charge in [-0.05, 0) is 30.4 Å². The molecule has 0 aromatic heterocycles. The van der Waals surface area contributed by atoms with E-state index >= 15 is 0 Å². The molecule has 1 aromatic carbocycles. The summed E-state index contributed by atoms with van der Waals surface area (Å²) >= 11 is 0. The number of nitrogens with two attached hydrogens (primary N) is 1. The molecule has 0 bridgehead atoms. The molecular formula is C13H15N. The molecule has 2 aliphatic rings. The monoisotopic (exact) mass is 185 g/mol. The maximum Gasteiger partial charge on any atom is 0.0113 e. The van der Waals surface area contributed by atoms with Crippen LogP contribution >= 0.6 is 0 Å². The van der Waals surface area contributed by atoms with Crippen LogP contribution in [-0.4, -0.2) is 6.04 Å². The van der Waals surface area contributed by atoms with Gasteiger partial charge in [0.1, 0.15) is 0 Å². The SMILES string of the molecule is NC1CC(=CC2Cc3ccccc32)C1. The van der Waals surface area contributed by atoms with E-state index in [-0.39, 0.29) is 0 Å². The minimum atomic E-state index is 0.441. The van der Waals surface area contributed by atoms with Crippen molar-refractivity contribution in [2.24, 2.45) is 5.73 Å². The summed E-state index contributed by atoms with van der Waals surface area (Å²) in [4.78, 5) is 0. The van der Waals surface area contributed by atoms with Crippen LogP contribution in [-0.2, 0) is 6.42 Å². The fourth-order valence-corrected chi connectivity index (χ4v) is 2.48. The van der Waals surface area contributed by atoms with E-state index < -0.39 is 0 Å². The third-order valence-corrected chi connectivity index (χ3v) is 3.38. The Bertz CT molecular complexity index is 384. The summed E-state index contributed by atoms with van der Waals surface area (Å²) in [6.07, 6.45) is 5.91. The molecule has 1 saturated carbocycles. The van der Waals surface area contributed by atoms with Crippen LogP contribution in [0.3, 0.4) is 0 Å². The summed E-state index contributed by atoms with van der Waals surface area (Å²) in [5, 5.41) is 0. The molecule has 0 heterocycles. The molecule has 2 aliphatic carbocycles. The second-order valence-corrected chi connectivity index (χ2v) is 4.50. The predicted octanol–water partition coefficient (Wildman–Crippen LogP) is 2.37. The van der Waals surface area contributed by atoms with Crippen molar-refractivity contribution in [3.63, 3.8) is 0 Å². The van der Waals surface area contributed by atoms with Gasteiger partial charge in [-0.15, -0.1) is 0 Å². The number of benzene rings is 1. The largest absolute Gasteiger partial charge is 0.327 e. The molecule has 1 fully saturated rings. The first-order valence-corrected chi connectivity index (χ1v) is 5.36. The number of rotatable bonds is 1. The van der Waals surface area contributed by atoms with Crippen LogP contribution in [0, 0.1) is 0 Å². The summed E-state index contributed by atoms with van der Waals surface area (Å²) in [7, 11) is 0. The summed E-state index contributed by atoms with van der Waals surface area (Å²) in [6, 6.07) is 9.18. The number of hydrogen-bond donors (Lipinski definition) is 1. The van der Waals surface area contributed by atoms with Gasteiger partial charge < -0.3 is 5.73 Å². The van der Waals surface area contributed by atoms with Gasteiger partial charge in [0, 0.05) is 12.0 Å². The first-order chi connectivity index (χ1) is 6.83. The number of hydrogen-bond acceptors (Lipinski definition) is 1. The highest BCUT2D eigenvalue weighted by Crippen LogP contribution is 2.39. The van der Waals surface area contributed by atoms with Gasteiger partial charge in [0.05, 0.1) is 0 Å². The van der Waals surface area contributed by atoms with Gasteiger partial charge in [-0.2, -0.15) is 0 Å². The summed E-state index contributed by atoms with van der Waals surface area (Å²) < 4.78 is 0. The second-order valence-electron chi connectivity index (χ2n) is 4.50. The van der Waals surface area contributed by atoms with E-state index in [0.29, 0.717) is 12.0 Å². The topological polar surface area (TPSA) is 26.0 Å². The van der Waals surface area contributed by atoms with Crippen molar-refractivity contribution in [3.8, 4) is 0 Å². The summed E-state index contributed by atoms with van der Waals surface area (Å²) in [5.74, 6) is 0.689. The number of allylic oxidation sites excluding steroid dienone is 1. The fraction of sp³-hybridized carbons (Fsp3) is 0.385. The number of fused-ring (bicyclic) bond motifs is 1. The Labute approximate surface area is 84.6 Å². The van der Waals surface area contributed by atoms with Crippen LogP contribution in [0.4, 0.5) is 0 Å². The molecule has 3 rings (SSSR count). The smallest absolute Gasteiger partial charge is 0.0113 e. The maximum absolute atomic E-state index is 5.76. The van der Waals surface area contributed by atoms with Gasteiger partial charge >= 0.3 is 0 Å². The third-order valence-electron chi connectivity index (χ3n) is 3.38. The Hall–Kier alpha value is -1.08. The zero-order valence-corrected chi connectivity index (χ0v) is 8.24. The van der Waals surface area contributed by atoms with Gasteiger partial charge in [-0.3, -0.25) is 0 Å². The van der Waals surface area contributed by atoms with E-state index in [1.807, 2.05) is 0 Å². The normalized spacial score (nSPS) is 28.8. The Kier molecular flexibility index (Phi) is 1.74. The summed E-state index contributed by atoms with van der Waals surface area (Å²) in [6.45, 7) is 0. The maximum atomic E-state index is 5.76.